The molecule has 23 heavy (non-hydrogen) atoms. The van der Waals surface area contributed by atoms with Crippen LogP contribution in [-0.4, -0.2) is 21.8 Å². The van der Waals surface area contributed by atoms with Gasteiger partial charge in [-0.05, 0) is 12.1 Å². The van der Waals surface area contributed by atoms with Gasteiger partial charge in [-0.25, -0.2) is 0 Å². The number of benzene rings is 1. The number of pyridine rings is 1. The molecule has 0 amide bonds. The molecule has 1 N–H and O–H groups in total. The van der Waals surface area contributed by atoms with Crippen LogP contribution in [0.1, 0.15) is 5.69 Å². The van der Waals surface area contributed by atoms with Crippen LogP contribution in [0.25, 0.3) is 10.6 Å². The molecule has 1 aromatic carbocycles. The second-order valence-corrected chi connectivity index (χ2v) is 5.47. The largest absolute Gasteiger partial charge is 0.433 e. The van der Waals surface area contributed by atoms with Gasteiger partial charge in [0.1, 0.15) is 10.8 Å². The molecular weight excluding hydrogens is 322 g/mol. The Morgan fingerprint density at radius 1 is 1.09 bits per heavy atom. The van der Waals surface area contributed by atoms with Gasteiger partial charge in [0.05, 0.1) is 18.4 Å². The summed E-state index contributed by atoms with van der Waals surface area (Å²) in [4.78, 5) is 4.05. The van der Waals surface area contributed by atoms with Gasteiger partial charge in [0, 0.05) is 5.56 Å². The number of halogens is 2. The summed E-state index contributed by atoms with van der Waals surface area (Å²) >= 11 is 1.43. The molecule has 0 spiro atoms. The number of nitrogens with zero attached hydrogens (tertiary/aromatic N) is 3. The molecule has 118 valence electrons. The van der Waals surface area contributed by atoms with Gasteiger partial charge < -0.3 is 10.1 Å². The van der Waals surface area contributed by atoms with E-state index in [1.165, 1.54) is 23.6 Å². The SMILES string of the molecule is FC(F)Oc1ccc(CNc2nnc(-c3ccccc3)s2)nc1. The van der Waals surface area contributed by atoms with E-state index in [0.717, 1.165) is 10.6 Å². The van der Waals surface area contributed by atoms with Gasteiger partial charge in [-0.3, -0.25) is 4.98 Å². The van der Waals surface area contributed by atoms with Crippen molar-refractivity contribution in [3.8, 4) is 16.3 Å². The minimum Gasteiger partial charge on any atom is -0.433 e. The summed E-state index contributed by atoms with van der Waals surface area (Å²) in [5, 5.41) is 12.8. The summed E-state index contributed by atoms with van der Waals surface area (Å²) in [6.45, 7) is -2.43. The smallest absolute Gasteiger partial charge is 0.387 e. The van der Waals surface area contributed by atoms with Crippen molar-refractivity contribution in [1.29, 1.82) is 0 Å². The molecule has 0 atom stereocenters. The summed E-state index contributed by atoms with van der Waals surface area (Å²) < 4.78 is 28.4. The predicted octanol–water partition coefficient (Wildman–Crippen LogP) is 3.81. The zero-order valence-corrected chi connectivity index (χ0v) is 12.6. The molecule has 8 heteroatoms. The van der Waals surface area contributed by atoms with Gasteiger partial charge in [-0.2, -0.15) is 8.78 Å². The summed E-state index contributed by atoms with van der Waals surface area (Å²) in [7, 11) is 0. The van der Waals surface area contributed by atoms with E-state index in [1.54, 1.807) is 6.07 Å². The second kappa shape index (κ2) is 7.10. The van der Waals surface area contributed by atoms with Crippen LogP contribution >= 0.6 is 11.3 Å². The van der Waals surface area contributed by atoms with Gasteiger partial charge in [0.2, 0.25) is 5.13 Å². The van der Waals surface area contributed by atoms with Crippen molar-refractivity contribution in [3.05, 3.63) is 54.4 Å². The van der Waals surface area contributed by atoms with Gasteiger partial charge in [-0.1, -0.05) is 41.7 Å². The Morgan fingerprint density at radius 3 is 2.61 bits per heavy atom. The highest BCUT2D eigenvalue weighted by molar-refractivity contribution is 7.18. The first-order valence-corrected chi connectivity index (χ1v) is 7.55. The van der Waals surface area contributed by atoms with Gasteiger partial charge in [-0.15, -0.1) is 10.2 Å². The number of anilines is 1. The van der Waals surface area contributed by atoms with E-state index < -0.39 is 6.61 Å². The first-order valence-electron chi connectivity index (χ1n) is 6.73. The lowest BCUT2D eigenvalue weighted by Crippen LogP contribution is -2.04. The Morgan fingerprint density at radius 2 is 1.91 bits per heavy atom. The van der Waals surface area contributed by atoms with E-state index in [0.29, 0.717) is 17.4 Å². The number of alkyl halides is 2. The van der Waals surface area contributed by atoms with E-state index in [4.69, 9.17) is 0 Å². The normalized spacial score (nSPS) is 10.7. The Hall–Kier alpha value is -2.61. The highest BCUT2D eigenvalue weighted by Crippen LogP contribution is 2.26. The fraction of sp³-hybridized carbons (Fsp3) is 0.133. The second-order valence-electron chi connectivity index (χ2n) is 4.50. The Bertz CT molecular complexity index is 750. The molecule has 0 saturated heterocycles. The molecular formula is C15H12F2N4OS. The number of ether oxygens (including phenoxy) is 1. The van der Waals surface area contributed by atoms with E-state index in [1.807, 2.05) is 30.3 Å². The molecule has 0 fully saturated rings. The first kappa shape index (κ1) is 15.3. The van der Waals surface area contributed by atoms with Crippen molar-refractivity contribution in [2.75, 3.05) is 5.32 Å². The Kier molecular flexibility index (Phi) is 4.72. The van der Waals surface area contributed by atoms with E-state index >= 15 is 0 Å². The fourth-order valence-electron chi connectivity index (χ4n) is 1.85. The minimum absolute atomic E-state index is 0.0334. The van der Waals surface area contributed by atoms with Crippen molar-refractivity contribution >= 4 is 16.5 Å². The molecule has 2 heterocycles. The number of aromatic nitrogens is 3. The average Bonchev–Trinajstić information content (AvgIpc) is 3.04. The van der Waals surface area contributed by atoms with Crippen LogP contribution in [0, 0.1) is 0 Å². The average molecular weight is 334 g/mol. The Balaban J connectivity index is 1.59. The lowest BCUT2D eigenvalue weighted by Gasteiger charge is -2.05. The lowest BCUT2D eigenvalue weighted by atomic mass is 10.2. The van der Waals surface area contributed by atoms with Crippen LogP contribution < -0.4 is 10.1 Å². The number of nitrogens with one attached hydrogen (secondary N) is 1. The third kappa shape index (κ3) is 4.19. The maximum atomic E-state index is 12.1. The number of hydrogen-bond acceptors (Lipinski definition) is 6. The van der Waals surface area contributed by atoms with Crippen molar-refractivity contribution < 1.29 is 13.5 Å². The molecule has 5 nitrogen and oxygen atoms in total. The molecule has 2 aromatic heterocycles. The highest BCUT2D eigenvalue weighted by atomic mass is 32.1. The molecule has 3 aromatic rings. The number of hydrogen-bond donors (Lipinski definition) is 1. The zero-order valence-electron chi connectivity index (χ0n) is 11.8. The van der Waals surface area contributed by atoms with Gasteiger partial charge in [0.25, 0.3) is 0 Å². The van der Waals surface area contributed by atoms with E-state index in [9.17, 15) is 8.78 Å². The van der Waals surface area contributed by atoms with Crippen molar-refractivity contribution in [2.45, 2.75) is 13.2 Å². The lowest BCUT2D eigenvalue weighted by molar-refractivity contribution is -0.0500. The molecule has 3 rings (SSSR count). The third-order valence-corrected chi connectivity index (χ3v) is 3.82. The number of rotatable bonds is 6. The van der Waals surface area contributed by atoms with Crippen molar-refractivity contribution in [3.63, 3.8) is 0 Å². The molecule has 0 aliphatic heterocycles. The third-order valence-electron chi connectivity index (χ3n) is 2.89. The van der Waals surface area contributed by atoms with Crippen molar-refractivity contribution in [1.82, 2.24) is 15.2 Å². The van der Waals surface area contributed by atoms with Crippen LogP contribution in [0.2, 0.25) is 0 Å². The molecule has 0 bridgehead atoms. The van der Waals surface area contributed by atoms with Crippen LogP contribution in [0.15, 0.2) is 48.7 Å². The fourth-order valence-corrected chi connectivity index (χ4v) is 2.59. The Labute approximate surface area is 135 Å². The summed E-state index contributed by atoms with van der Waals surface area (Å²) in [6.07, 6.45) is 1.26. The standard InChI is InChI=1S/C15H12F2N4OS/c16-14(17)22-12-7-6-11(18-9-12)8-19-15-21-20-13(23-15)10-4-2-1-3-5-10/h1-7,9,14H,8H2,(H,19,21). The van der Waals surface area contributed by atoms with E-state index in [2.05, 4.69) is 25.2 Å². The molecule has 0 aliphatic rings. The van der Waals surface area contributed by atoms with E-state index in [-0.39, 0.29) is 5.75 Å². The van der Waals surface area contributed by atoms with Crippen LogP contribution in [-0.2, 0) is 6.54 Å². The first-order chi connectivity index (χ1) is 11.2. The maximum absolute atomic E-state index is 12.1. The summed E-state index contributed by atoms with van der Waals surface area (Å²) in [5.74, 6) is 0.0334. The molecule has 0 radical (unpaired) electrons. The topological polar surface area (TPSA) is 59.9 Å². The highest BCUT2D eigenvalue weighted by Gasteiger charge is 2.07. The quantitative estimate of drug-likeness (QED) is 0.743. The van der Waals surface area contributed by atoms with Crippen LogP contribution in [0.5, 0.6) is 5.75 Å². The molecule has 0 unspecified atom stereocenters. The van der Waals surface area contributed by atoms with Crippen LogP contribution in [0.4, 0.5) is 13.9 Å². The minimum atomic E-state index is -2.85. The summed E-state index contributed by atoms with van der Waals surface area (Å²) in [5.41, 5.74) is 1.69. The molecule has 0 aliphatic carbocycles. The van der Waals surface area contributed by atoms with Crippen molar-refractivity contribution in [2.24, 2.45) is 0 Å². The predicted molar refractivity (Wildman–Crippen MR) is 83.5 cm³/mol. The van der Waals surface area contributed by atoms with Crippen LogP contribution in [0.3, 0.4) is 0 Å². The van der Waals surface area contributed by atoms with Gasteiger partial charge >= 0.3 is 6.61 Å². The van der Waals surface area contributed by atoms with Gasteiger partial charge in [0.15, 0.2) is 0 Å². The molecule has 0 saturated carbocycles. The zero-order chi connectivity index (χ0) is 16.1. The monoisotopic (exact) mass is 334 g/mol. The summed E-state index contributed by atoms with van der Waals surface area (Å²) in [6, 6.07) is 12.8. The maximum Gasteiger partial charge on any atom is 0.387 e.